The lowest BCUT2D eigenvalue weighted by molar-refractivity contribution is 0.0592. The van der Waals surface area contributed by atoms with Crippen LogP contribution in [0, 0.1) is 0 Å². The zero-order valence-corrected chi connectivity index (χ0v) is 22.2. The van der Waals surface area contributed by atoms with Crippen molar-refractivity contribution in [3.8, 4) is 0 Å². The lowest BCUT2D eigenvalue weighted by Crippen LogP contribution is -2.41. The second kappa shape index (κ2) is 10.5. The Morgan fingerprint density at radius 1 is 0.707 bits per heavy atom. The third-order valence-corrected chi connectivity index (χ3v) is 6.94. The van der Waals surface area contributed by atoms with E-state index in [9.17, 15) is 28.8 Å². The first-order valence-corrected chi connectivity index (χ1v) is 12.3. The maximum absolute atomic E-state index is 13.8. The van der Waals surface area contributed by atoms with Crippen molar-refractivity contribution in [1.29, 1.82) is 0 Å². The molecule has 204 valence electrons. The van der Waals surface area contributed by atoms with E-state index < -0.39 is 29.7 Å². The highest BCUT2D eigenvalue weighted by molar-refractivity contribution is 6.38. The number of methoxy groups -OCH3 is 2. The molecule has 1 heterocycles. The topological polar surface area (TPSA) is 127 Å². The number of carbonyl (C=O) groups is 6. The minimum atomic E-state index is -0.740. The third kappa shape index (κ3) is 4.22. The fourth-order valence-electron chi connectivity index (χ4n) is 5.00. The minimum Gasteiger partial charge on any atom is -0.465 e. The minimum absolute atomic E-state index is 0.0126. The van der Waals surface area contributed by atoms with Gasteiger partial charge in [0.1, 0.15) is 0 Å². The van der Waals surface area contributed by atoms with E-state index >= 15 is 0 Å². The number of aldehydes is 1. The van der Waals surface area contributed by atoms with Crippen molar-refractivity contribution in [3.05, 3.63) is 106 Å². The van der Waals surface area contributed by atoms with Crippen molar-refractivity contribution in [3.63, 3.8) is 0 Å². The summed E-state index contributed by atoms with van der Waals surface area (Å²) in [7, 11) is 3.88. The number of nitrogens with zero attached hydrogens (tertiary/aromatic N) is 2. The number of amides is 3. The van der Waals surface area contributed by atoms with Gasteiger partial charge >= 0.3 is 11.9 Å². The number of benzene rings is 4. The molecular weight excluding hydrogens is 528 g/mol. The van der Waals surface area contributed by atoms with Gasteiger partial charge in [-0.05, 0) is 42.5 Å². The summed E-state index contributed by atoms with van der Waals surface area (Å²) in [4.78, 5) is 80.4. The van der Waals surface area contributed by atoms with Crippen molar-refractivity contribution >= 4 is 58.1 Å². The second-order valence-electron chi connectivity index (χ2n) is 9.06. The third-order valence-electron chi connectivity index (χ3n) is 6.94. The summed E-state index contributed by atoms with van der Waals surface area (Å²) in [5.74, 6) is -3.45. The smallest absolute Gasteiger partial charge is 0.339 e. The molecule has 0 radical (unpaired) electrons. The van der Waals surface area contributed by atoms with Gasteiger partial charge in [0, 0.05) is 40.1 Å². The van der Waals surface area contributed by atoms with Crippen molar-refractivity contribution in [2.24, 2.45) is 0 Å². The van der Waals surface area contributed by atoms with Gasteiger partial charge in [-0.25, -0.2) is 14.5 Å². The Morgan fingerprint density at radius 3 is 1.90 bits per heavy atom. The summed E-state index contributed by atoms with van der Waals surface area (Å²) in [6, 6.07) is 18.0. The molecule has 0 aromatic heterocycles. The molecule has 10 nitrogen and oxygen atoms in total. The molecule has 1 aliphatic rings. The fraction of sp³-hybridized carbons (Fsp3) is 0.0968. The van der Waals surface area contributed by atoms with Gasteiger partial charge in [0.15, 0.2) is 6.29 Å². The Kier molecular flexibility index (Phi) is 6.90. The van der Waals surface area contributed by atoms with E-state index in [0.717, 1.165) is 4.90 Å². The van der Waals surface area contributed by atoms with Crippen molar-refractivity contribution < 1.29 is 38.2 Å². The Hall–Kier alpha value is -5.64. The molecule has 0 saturated heterocycles. The Labute approximate surface area is 233 Å². The van der Waals surface area contributed by atoms with E-state index in [2.05, 4.69) is 0 Å². The van der Waals surface area contributed by atoms with E-state index in [4.69, 9.17) is 9.47 Å². The predicted octanol–water partition coefficient (Wildman–Crippen LogP) is 4.30. The maximum Gasteiger partial charge on any atom is 0.339 e. The number of imide groups is 1. The highest BCUT2D eigenvalue weighted by atomic mass is 16.5. The number of para-hydroxylation sites is 2. The Balaban J connectivity index is 1.69. The van der Waals surface area contributed by atoms with Gasteiger partial charge in [0.25, 0.3) is 17.7 Å². The molecule has 0 atom stereocenters. The van der Waals surface area contributed by atoms with Crippen LogP contribution in [0.4, 0.5) is 11.4 Å². The highest BCUT2D eigenvalue weighted by Gasteiger charge is 2.38. The molecule has 0 N–H and O–H groups in total. The highest BCUT2D eigenvalue weighted by Crippen LogP contribution is 2.38. The molecule has 5 rings (SSSR count). The van der Waals surface area contributed by atoms with E-state index in [0.29, 0.717) is 6.29 Å². The van der Waals surface area contributed by atoms with Crippen LogP contribution in [0.5, 0.6) is 0 Å². The van der Waals surface area contributed by atoms with Gasteiger partial charge in [-0.1, -0.05) is 30.3 Å². The van der Waals surface area contributed by atoms with Crippen LogP contribution in [0.25, 0.3) is 10.8 Å². The molecule has 10 heteroatoms. The zero-order chi connectivity index (χ0) is 29.4. The lowest BCUT2D eigenvalue weighted by atomic mass is 9.88. The van der Waals surface area contributed by atoms with Crippen LogP contribution >= 0.6 is 0 Å². The SMILES string of the molecule is COC(=O)c1ccccc1N(C)C(=O)c1ccc2c3c(ccc(C=O)c13)C(=O)N(c1ccccc1C(=O)OC)C2=O. The van der Waals surface area contributed by atoms with E-state index in [1.54, 1.807) is 30.3 Å². The van der Waals surface area contributed by atoms with Gasteiger partial charge in [0.2, 0.25) is 0 Å². The maximum atomic E-state index is 13.8. The largest absolute Gasteiger partial charge is 0.465 e. The Bertz CT molecular complexity index is 1790. The van der Waals surface area contributed by atoms with E-state index in [1.807, 2.05) is 0 Å². The molecule has 0 fully saturated rings. The van der Waals surface area contributed by atoms with Gasteiger partial charge in [0.05, 0.1) is 36.7 Å². The number of carbonyl (C=O) groups excluding carboxylic acids is 6. The van der Waals surface area contributed by atoms with Crippen molar-refractivity contribution in [1.82, 2.24) is 0 Å². The molecule has 4 aromatic rings. The van der Waals surface area contributed by atoms with Gasteiger partial charge in [-0.2, -0.15) is 0 Å². The first kappa shape index (κ1) is 26.9. The van der Waals surface area contributed by atoms with Crippen LogP contribution in [0.15, 0.2) is 72.8 Å². The van der Waals surface area contributed by atoms with Crippen LogP contribution < -0.4 is 9.80 Å². The van der Waals surface area contributed by atoms with Crippen molar-refractivity contribution in [2.45, 2.75) is 0 Å². The summed E-state index contributed by atoms with van der Waals surface area (Å²) in [6.45, 7) is 0. The van der Waals surface area contributed by atoms with Gasteiger partial charge in [-0.15, -0.1) is 0 Å². The summed E-state index contributed by atoms with van der Waals surface area (Å²) in [5, 5.41) is 0.252. The molecular formula is C31H22N2O8. The molecule has 0 bridgehead atoms. The molecule has 3 amide bonds. The number of anilines is 2. The van der Waals surface area contributed by atoms with Crippen LogP contribution in [0.2, 0.25) is 0 Å². The average molecular weight is 551 g/mol. The molecule has 0 saturated carbocycles. The number of esters is 2. The number of hydrogen-bond acceptors (Lipinski definition) is 8. The lowest BCUT2D eigenvalue weighted by Gasteiger charge is -2.29. The Morgan fingerprint density at radius 2 is 1.27 bits per heavy atom. The summed E-state index contributed by atoms with van der Waals surface area (Å²) < 4.78 is 9.67. The molecule has 41 heavy (non-hydrogen) atoms. The zero-order valence-electron chi connectivity index (χ0n) is 22.2. The molecule has 0 spiro atoms. The number of rotatable bonds is 6. The van der Waals surface area contributed by atoms with E-state index in [1.165, 1.54) is 68.6 Å². The standard InChI is InChI=1S/C31H22N2O8/c1-32(23-10-6-4-8-18(23)30(38)40-2)27(35)20-14-15-22-26-21(13-12-17(16-34)25(20)26)28(36)33(29(22)37)24-11-7-5-9-19(24)31(39)41-3/h4-16H,1-3H3. The van der Waals surface area contributed by atoms with Gasteiger partial charge < -0.3 is 14.4 Å². The normalized spacial score (nSPS) is 12.2. The monoisotopic (exact) mass is 550 g/mol. The summed E-state index contributed by atoms with van der Waals surface area (Å²) >= 11 is 0. The van der Waals surface area contributed by atoms with Crippen LogP contribution in [0.3, 0.4) is 0 Å². The average Bonchev–Trinajstić information content (AvgIpc) is 3.01. The van der Waals surface area contributed by atoms with E-state index in [-0.39, 0.29) is 55.5 Å². The second-order valence-corrected chi connectivity index (χ2v) is 9.06. The van der Waals surface area contributed by atoms with Crippen molar-refractivity contribution in [2.75, 3.05) is 31.1 Å². The van der Waals surface area contributed by atoms with Crippen LogP contribution in [-0.2, 0) is 9.47 Å². The number of ether oxygens (including phenoxy) is 2. The summed E-state index contributed by atoms with van der Waals surface area (Å²) in [6.07, 6.45) is 0.538. The molecule has 0 unspecified atom stereocenters. The molecule has 4 aromatic carbocycles. The number of hydrogen-bond donors (Lipinski definition) is 0. The molecule has 1 aliphatic heterocycles. The molecule has 0 aliphatic carbocycles. The predicted molar refractivity (Wildman–Crippen MR) is 149 cm³/mol. The fourth-order valence-corrected chi connectivity index (χ4v) is 5.00. The summed E-state index contributed by atoms with van der Waals surface area (Å²) in [5.41, 5.74) is 0.709. The first-order valence-electron chi connectivity index (χ1n) is 12.3. The van der Waals surface area contributed by atoms with Crippen LogP contribution in [0.1, 0.15) is 62.1 Å². The quantitative estimate of drug-likeness (QED) is 0.198. The first-order chi connectivity index (χ1) is 19.7. The van der Waals surface area contributed by atoms with Crippen LogP contribution in [-0.4, -0.2) is 57.2 Å². The van der Waals surface area contributed by atoms with Gasteiger partial charge in [-0.3, -0.25) is 19.2 Å².